The van der Waals surface area contributed by atoms with E-state index in [9.17, 15) is 9.18 Å². The van der Waals surface area contributed by atoms with Crippen LogP contribution in [0.25, 0.3) is 27.0 Å². The second-order valence-corrected chi connectivity index (χ2v) is 9.51. The second kappa shape index (κ2) is 8.35. The Labute approximate surface area is 199 Å². The van der Waals surface area contributed by atoms with Gasteiger partial charge in [0.1, 0.15) is 11.6 Å². The van der Waals surface area contributed by atoms with Crippen molar-refractivity contribution in [3.05, 3.63) is 59.9 Å². The molecule has 0 aliphatic carbocycles. The van der Waals surface area contributed by atoms with Crippen LogP contribution >= 0.6 is 22.9 Å². The van der Waals surface area contributed by atoms with Gasteiger partial charge < -0.3 is 20.3 Å². The maximum atomic E-state index is 14.3. The minimum Gasteiger partial charge on any atom is -0.493 e. The van der Waals surface area contributed by atoms with E-state index >= 15 is 0 Å². The molecule has 1 amide bonds. The van der Waals surface area contributed by atoms with Crippen molar-refractivity contribution >= 4 is 49.9 Å². The smallest absolute Gasteiger partial charge is 0.246 e. The molecule has 3 heterocycles. The molecule has 6 nitrogen and oxygen atoms in total. The first kappa shape index (κ1) is 21.7. The number of thiazole rings is 1. The van der Waals surface area contributed by atoms with Crippen molar-refractivity contribution < 1.29 is 13.9 Å². The Morgan fingerprint density at radius 2 is 2.12 bits per heavy atom. The molecular formula is C24H22ClFN4O2S. The molecule has 1 saturated heterocycles. The van der Waals surface area contributed by atoms with Crippen LogP contribution in [0.3, 0.4) is 0 Å². The number of piperazine rings is 1. The van der Waals surface area contributed by atoms with E-state index in [1.165, 1.54) is 12.1 Å². The van der Waals surface area contributed by atoms with Gasteiger partial charge in [-0.05, 0) is 30.3 Å². The van der Waals surface area contributed by atoms with Gasteiger partial charge in [-0.25, -0.2) is 9.37 Å². The Kier molecular flexibility index (Phi) is 5.50. The van der Waals surface area contributed by atoms with Crippen LogP contribution in [-0.2, 0) is 4.79 Å². The highest BCUT2D eigenvalue weighted by atomic mass is 35.5. The van der Waals surface area contributed by atoms with Crippen molar-refractivity contribution in [1.82, 2.24) is 14.8 Å². The van der Waals surface area contributed by atoms with Crippen molar-refractivity contribution in [1.29, 1.82) is 0 Å². The van der Waals surface area contributed by atoms with Crippen LogP contribution in [0, 0.1) is 5.82 Å². The summed E-state index contributed by atoms with van der Waals surface area (Å²) in [4.78, 5) is 20.4. The van der Waals surface area contributed by atoms with Gasteiger partial charge in [-0.15, -0.1) is 0 Å². The van der Waals surface area contributed by atoms with E-state index in [0.29, 0.717) is 63.5 Å². The molecule has 2 aliphatic heterocycles. The van der Waals surface area contributed by atoms with Crippen molar-refractivity contribution in [3.63, 3.8) is 0 Å². The lowest BCUT2D eigenvalue weighted by Gasteiger charge is -2.44. The summed E-state index contributed by atoms with van der Waals surface area (Å²) >= 11 is 7.84. The zero-order valence-electron chi connectivity index (χ0n) is 17.8. The lowest BCUT2D eigenvalue weighted by molar-refractivity contribution is -0.128. The lowest BCUT2D eigenvalue weighted by Crippen LogP contribution is -2.54. The first-order chi connectivity index (χ1) is 15.9. The molecule has 2 aromatic carbocycles. The van der Waals surface area contributed by atoms with Crippen molar-refractivity contribution in [2.75, 3.05) is 32.0 Å². The highest BCUT2D eigenvalue weighted by Gasteiger charge is 2.32. The van der Waals surface area contributed by atoms with Crippen molar-refractivity contribution in [3.8, 4) is 16.9 Å². The summed E-state index contributed by atoms with van der Waals surface area (Å²) in [6.45, 7) is 10.2. The summed E-state index contributed by atoms with van der Waals surface area (Å²) < 4.78 is 20.8. The predicted octanol–water partition coefficient (Wildman–Crippen LogP) is 4.79. The predicted molar refractivity (Wildman–Crippen MR) is 131 cm³/mol. The Hall–Kier alpha value is -3.10. The average molecular weight is 485 g/mol. The number of ether oxygens (including phenoxy) is 1. The van der Waals surface area contributed by atoms with E-state index in [-0.39, 0.29) is 17.8 Å². The molecule has 0 unspecified atom stereocenters. The molecule has 2 aliphatic rings. The topological polar surface area (TPSA) is 71.7 Å². The number of hydrogen-bond donors (Lipinski definition) is 1. The Balaban J connectivity index is 1.54. The molecule has 9 heteroatoms. The molecule has 0 radical (unpaired) electrons. The quantitative estimate of drug-likeness (QED) is 0.529. The number of carbonyl (C=O) groups excluding carboxylic acids is 1. The summed E-state index contributed by atoms with van der Waals surface area (Å²) in [6.07, 6.45) is 2.09. The number of fused-ring (bicyclic) bond motifs is 3. The van der Waals surface area contributed by atoms with Crippen LogP contribution in [0.15, 0.2) is 43.5 Å². The number of nitrogens with two attached hydrogens (primary N) is 1. The van der Waals surface area contributed by atoms with Gasteiger partial charge >= 0.3 is 0 Å². The fourth-order valence-corrected chi connectivity index (χ4v) is 5.59. The summed E-state index contributed by atoms with van der Waals surface area (Å²) in [5, 5.41) is 0.777. The number of rotatable bonds is 2. The Morgan fingerprint density at radius 1 is 1.30 bits per heavy atom. The molecule has 3 aromatic rings. The van der Waals surface area contributed by atoms with Crippen LogP contribution in [0.4, 0.5) is 9.52 Å². The average Bonchev–Trinajstić information content (AvgIpc) is 3.20. The first-order valence-electron chi connectivity index (χ1n) is 10.6. The van der Waals surface area contributed by atoms with Crippen LogP contribution in [0.5, 0.6) is 5.75 Å². The van der Waals surface area contributed by atoms with E-state index in [1.807, 2.05) is 12.1 Å². The number of hydrogen-bond acceptors (Lipinski definition) is 6. The van der Waals surface area contributed by atoms with Crippen LogP contribution in [0.2, 0.25) is 5.02 Å². The minimum absolute atomic E-state index is 0.0652. The molecule has 0 spiro atoms. The van der Waals surface area contributed by atoms with Gasteiger partial charge in [-0.1, -0.05) is 36.1 Å². The van der Waals surface area contributed by atoms with Gasteiger partial charge in [-0.2, -0.15) is 0 Å². The molecule has 0 bridgehead atoms. The van der Waals surface area contributed by atoms with E-state index in [0.717, 1.165) is 29.0 Å². The standard InChI is InChI=1S/C24H22ClFN4O2S/c1-3-21(31)29-7-8-30-13(2)16-10-18(25)17(11-20(16)32-9-6-14(30)12-29)15-4-5-19(26)23-22(15)28-24(27)33-23/h3-5,10-11,14H,1-2,6-9,12H2,(H2,27,28)/t14-/m1/s1. The molecule has 1 fully saturated rings. The van der Waals surface area contributed by atoms with Crippen molar-refractivity contribution in [2.24, 2.45) is 0 Å². The Morgan fingerprint density at radius 3 is 2.91 bits per heavy atom. The second-order valence-electron chi connectivity index (χ2n) is 8.07. The number of anilines is 1. The Bertz CT molecular complexity index is 1310. The third-order valence-corrected chi connectivity index (χ3v) is 7.41. The van der Waals surface area contributed by atoms with Crippen molar-refractivity contribution in [2.45, 2.75) is 12.5 Å². The van der Waals surface area contributed by atoms with E-state index in [1.54, 1.807) is 11.0 Å². The molecule has 1 aromatic heterocycles. The third kappa shape index (κ3) is 3.73. The SMILES string of the molecule is C=CC(=O)N1CCN2C(=C)c3cc(Cl)c(-c4ccc(F)c5sc(N)nc45)cc3OCC[C@@H]2C1. The molecule has 5 rings (SSSR count). The number of carbonyl (C=O) groups is 1. The number of nitrogens with zero attached hydrogens (tertiary/aromatic N) is 3. The van der Waals surface area contributed by atoms with Crippen LogP contribution in [-0.4, -0.2) is 53.0 Å². The minimum atomic E-state index is -0.366. The zero-order valence-corrected chi connectivity index (χ0v) is 19.4. The summed E-state index contributed by atoms with van der Waals surface area (Å²) in [7, 11) is 0. The van der Waals surface area contributed by atoms with Gasteiger partial charge in [0.2, 0.25) is 5.91 Å². The van der Waals surface area contributed by atoms with Gasteiger partial charge in [0, 0.05) is 59.5 Å². The molecule has 0 saturated carbocycles. The number of nitrogen functional groups attached to an aromatic ring is 1. The number of halogens is 2. The molecule has 2 N–H and O–H groups in total. The molecule has 170 valence electrons. The highest BCUT2D eigenvalue weighted by Crippen LogP contribution is 2.43. The molecule has 1 atom stereocenters. The number of aromatic nitrogens is 1. The molecule has 33 heavy (non-hydrogen) atoms. The van der Waals surface area contributed by atoms with E-state index < -0.39 is 0 Å². The zero-order chi connectivity index (χ0) is 23.3. The summed E-state index contributed by atoms with van der Waals surface area (Å²) in [6, 6.07) is 6.85. The fourth-order valence-electron chi connectivity index (χ4n) is 4.56. The molecular weight excluding hydrogens is 463 g/mol. The van der Waals surface area contributed by atoms with Gasteiger partial charge in [0.15, 0.2) is 5.13 Å². The van der Waals surface area contributed by atoms with Gasteiger partial charge in [-0.3, -0.25) is 4.79 Å². The van der Waals surface area contributed by atoms with Gasteiger partial charge in [0.05, 0.1) is 16.8 Å². The van der Waals surface area contributed by atoms with Crippen LogP contribution in [0.1, 0.15) is 12.0 Å². The third-order valence-electron chi connectivity index (χ3n) is 6.21. The normalized spacial score (nSPS) is 18.2. The van der Waals surface area contributed by atoms with E-state index in [2.05, 4.69) is 23.0 Å². The van der Waals surface area contributed by atoms with Gasteiger partial charge in [0.25, 0.3) is 0 Å². The largest absolute Gasteiger partial charge is 0.493 e. The van der Waals surface area contributed by atoms with Crippen LogP contribution < -0.4 is 10.5 Å². The highest BCUT2D eigenvalue weighted by molar-refractivity contribution is 7.22. The fraction of sp³-hybridized carbons (Fsp3) is 0.250. The summed E-state index contributed by atoms with van der Waals surface area (Å²) in [5.74, 6) is 0.225. The van der Waals surface area contributed by atoms with E-state index in [4.69, 9.17) is 22.1 Å². The first-order valence-corrected chi connectivity index (χ1v) is 11.7. The maximum Gasteiger partial charge on any atom is 0.246 e. The monoisotopic (exact) mass is 484 g/mol. The maximum absolute atomic E-state index is 14.3. The number of benzene rings is 2. The number of amides is 1. The lowest BCUT2D eigenvalue weighted by atomic mass is 9.98. The summed E-state index contributed by atoms with van der Waals surface area (Å²) in [5.41, 5.74) is 9.31.